The van der Waals surface area contributed by atoms with Gasteiger partial charge in [-0.05, 0) is 17.7 Å². The maximum atomic E-state index is 10.8. The van der Waals surface area contributed by atoms with E-state index in [1.807, 2.05) is 6.07 Å². The molecule has 5 nitrogen and oxygen atoms in total. The Kier molecular flexibility index (Phi) is 3.62. The molecule has 1 rings (SSSR count). The maximum absolute atomic E-state index is 10.8. The molecule has 0 aliphatic heterocycles. The van der Waals surface area contributed by atoms with Gasteiger partial charge in [-0.3, -0.25) is 9.59 Å². The molecule has 0 radical (unpaired) electrons. The zero-order valence-electron chi connectivity index (χ0n) is 8.56. The van der Waals surface area contributed by atoms with E-state index in [2.05, 4.69) is 0 Å². The summed E-state index contributed by atoms with van der Waals surface area (Å²) in [7, 11) is 1.40. The number of benzene rings is 1. The van der Waals surface area contributed by atoms with Crippen LogP contribution in [0.4, 0.5) is 0 Å². The van der Waals surface area contributed by atoms with Crippen LogP contribution in [0.15, 0.2) is 12.1 Å². The second-order valence-corrected chi connectivity index (χ2v) is 3.04. The zero-order chi connectivity index (χ0) is 12.1. The van der Waals surface area contributed by atoms with Crippen molar-refractivity contribution in [1.29, 1.82) is 5.26 Å². The second-order valence-electron chi connectivity index (χ2n) is 3.04. The highest BCUT2D eigenvalue weighted by Gasteiger charge is 2.13. The Morgan fingerprint density at radius 3 is 2.75 bits per heavy atom. The van der Waals surface area contributed by atoms with Crippen molar-refractivity contribution in [3.05, 3.63) is 28.8 Å². The predicted octanol–water partition coefficient (Wildman–Crippen LogP) is 1.01. The molecule has 5 heteroatoms. The van der Waals surface area contributed by atoms with Gasteiger partial charge in [-0.1, -0.05) is 0 Å². The van der Waals surface area contributed by atoms with Gasteiger partial charge in [0.1, 0.15) is 5.75 Å². The molecule has 1 aromatic rings. The van der Waals surface area contributed by atoms with Crippen LogP contribution in [0.3, 0.4) is 0 Å². The number of ether oxygens (including phenoxy) is 1. The minimum absolute atomic E-state index is 0.142. The van der Waals surface area contributed by atoms with Crippen molar-refractivity contribution in [2.24, 2.45) is 0 Å². The quantitative estimate of drug-likeness (QED) is 0.763. The minimum atomic E-state index is -1.09. The molecule has 16 heavy (non-hydrogen) atoms. The normalized spacial score (nSPS) is 9.25. The van der Waals surface area contributed by atoms with E-state index in [0.717, 1.165) is 0 Å². The third-order valence-electron chi connectivity index (χ3n) is 2.07. The van der Waals surface area contributed by atoms with Gasteiger partial charge in [0, 0.05) is 5.56 Å². The standard InChI is InChI=1S/C11H9NO4/c1-16-9-2-7(5-12)10(4-11(14)15)8(3-9)6-13/h2-3,6H,4H2,1H3,(H,14,15). The summed E-state index contributed by atoms with van der Waals surface area (Å²) in [6.45, 7) is 0. The summed E-state index contributed by atoms with van der Waals surface area (Å²) in [4.78, 5) is 21.4. The van der Waals surface area contributed by atoms with Gasteiger partial charge >= 0.3 is 5.97 Å². The van der Waals surface area contributed by atoms with Crippen molar-refractivity contribution in [3.8, 4) is 11.8 Å². The number of carboxylic acids is 1. The maximum Gasteiger partial charge on any atom is 0.307 e. The number of methoxy groups -OCH3 is 1. The number of carbonyl (C=O) groups excluding carboxylic acids is 1. The molecule has 1 aromatic carbocycles. The Balaban J connectivity index is 3.38. The van der Waals surface area contributed by atoms with Crippen LogP contribution in [0.2, 0.25) is 0 Å². The Morgan fingerprint density at radius 2 is 2.31 bits per heavy atom. The zero-order valence-corrected chi connectivity index (χ0v) is 8.56. The fourth-order valence-corrected chi connectivity index (χ4v) is 1.34. The Labute approximate surface area is 91.9 Å². The van der Waals surface area contributed by atoms with Crippen LogP contribution < -0.4 is 4.74 Å². The van der Waals surface area contributed by atoms with Crippen molar-refractivity contribution in [3.63, 3.8) is 0 Å². The lowest BCUT2D eigenvalue weighted by atomic mass is 9.99. The van der Waals surface area contributed by atoms with E-state index in [-0.39, 0.29) is 23.1 Å². The van der Waals surface area contributed by atoms with E-state index in [1.165, 1.54) is 19.2 Å². The molecule has 0 spiro atoms. The minimum Gasteiger partial charge on any atom is -0.497 e. The van der Waals surface area contributed by atoms with Crippen molar-refractivity contribution >= 4 is 12.3 Å². The van der Waals surface area contributed by atoms with Crippen LogP contribution >= 0.6 is 0 Å². The number of nitrogens with zero attached hydrogens (tertiary/aromatic N) is 1. The topological polar surface area (TPSA) is 87.4 Å². The van der Waals surface area contributed by atoms with Crippen molar-refractivity contribution in [2.45, 2.75) is 6.42 Å². The molecule has 0 aliphatic rings. The van der Waals surface area contributed by atoms with Gasteiger partial charge in [0.2, 0.25) is 0 Å². The molecular formula is C11H9NO4. The first-order chi connectivity index (χ1) is 7.62. The number of hydrogen-bond acceptors (Lipinski definition) is 4. The van der Waals surface area contributed by atoms with Gasteiger partial charge in [-0.2, -0.15) is 5.26 Å². The SMILES string of the molecule is COc1cc(C#N)c(CC(=O)O)c(C=O)c1. The van der Waals surface area contributed by atoms with Gasteiger partial charge in [-0.25, -0.2) is 0 Å². The predicted molar refractivity (Wildman–Crippen MR) is 54.4 cm³/mol. The van der Waals surface area contributed by atoms with E-state index in [9.17, 15) is 9.59 Å². The van der Waals surface area contributed by atoms with Crippen molar-refractivity contribution in [1.82, 2.24) is 0 Å². The first kappa shape index (κ1) is 11.7. The molecule has 0 amide bonds. The molecule has 0 bridgehead atoms. The largest absolute Gasteiger partial charge is 0.497 e. The fourth-order valence-electron chi connectivity index (χ4n) is 1.34. The van der Waals surface area contributed by atoms with E-state index in [0.29, 0.717) is 12.0 Å². The highest BCUT2D eigenvalue weighted by Crippen LogP contribution is 2.21. The van der Waals surface area contributed by atoms with Gasteiger partial charge in [0.15, 0.2) is 6.29 Å². The van der Waals surface area contributed by atoms with E-state index in [4.69, 9.17) is 15.1 Å². The average Bonchev–Trinajstić information content (AvgIpc) is 2.28. The molecule has 0 fully saturated rings. The first-order valence-electron chi connectivity index (χ1n) is 4.40. The summed E-state index contributed by atoms with van der Waals surface area (Å²) in [6.07, 6.45) is 0.155. The third kappa shape index (κ3) is 2.36. The van der Waals surface area contributed by atoms with Crippen LogP contribution in [0.25, 0.3) is 0 Å². The van der Waals surface area contributed by atoms with Crippen LogP contribution in [-0.2, 0) is 11.2 Å². The summed E-state index contributed by atoms with van der Waals surface area (Å²) in [5.41, 5.74) is 0.521. The second kappa shape index (κ2) is 4.94. The molecule has 0 atom stereocenters. The highest BCUT2D eigenvalue weighted by atomic mass is 16.5. The lowest BCUT2D eigenvalue weighted by Gasteiger charge is -2.07. The lowest BCUT2D eigenvalue weighted by Crippen LogP contribution is -2.06. The summed E-state index contributed by atoms with van der Waals surface area (Å²) >= 11 is 0. The molecule has 0 aromatic heterocycles. The smallest absolute Gasteiger partial charge is 0.307 e. The molecule has 82 valence electrons. The average molecular weight is 219 g/mol. The van der Waals surface area contributed by atoms with E-state index in [1.54, 1.807) is 0 Å². The third-order valence-corrected chi connectivity index (χ3v) is 2.07. The molecule has 0 aliphatic carbocycles. The monoisotopic (exact) mass is 219 g/mol. The Bertz CT molecular complexity index is 474. The van der Waals surface area contributed by atoms with Gasteiger partial charge < -0.3 is 9.84 Å². The van der Waals surface area contributed by atoms with Crippen molar-refractivity contribution in [2.75, 3.05) is 7.11 Å². The summed E-state index contributed by atoms with van der Waals surface area (Å²) in [6, 6.07) is 4.66. The first-order valence-corrected chi connectivity index (χ1v) is 4.40. The van der Waals surface area contributed by atoms with Gasteiger partial charge in [0.25, 0.3) is 0 Å². The number of aldehydes is 1. The molecule has 0 heterocycles. The van der Waals surface area contributed by atoms with Crippen molar-refractivity contribution < 1.29 is 19.4 Å². The summed E-state index contributed by atoms with van der Waals surface area (Å²) in [5, 5.41) is 17.5. The number of hydrogen-bond donors (Lipinski definition) is 1. The van der Waals surface area contributed by atoms with Crippen LogP contribution in [0.5, 0.6) is 5.75 Å². The molecule has 1 N–H and O–H groups in total. The number of aliphatic carboxylic acids is 1. The van der Waals surface area contributed by atoms with Gasteiger partial charge in [0.05, 0.1) is 25.2 Å². The van der Waals surface area contributed by atoms with Crippen LogP contribution in [0.1, 0.15) is 21.5 Å². The molecular weight excluding hydrogens is 210 g/mol. The number of rotatable bonds is 4. The molecule has 0 saturated carbocycles. The number of carboxylic acid groups (broad SMARTS) is 1. The van der Waals surface area contributed by atoms with Gasteiger partial charge in [-0.15, -0.1) is 0 Å². The fraction of sp³-hybridized carbons (Fsp3) is 0.182. The number of nitriles is 1. The lowest BCUT2D eigenvalue weighted by molar-refractivity contribution is -0.136. The summed E-state index contributed by atoms with van der Waals surface area (Å²) in [5.74, 6) is -0.738. The van der Waals surface area contributed by atoms with Crippen LogP contribution in [-0.4, -0.2) is 24.5 Å². The Hall–Kier alpha value is -2.35. The highest BCUT2D eigenvalue weighted by molar-refractivity contribution is 5.83. The molecule has 0 unspecified atom stereocenters. The number of carbonyl (C=O) groups is 2. The van der Waals surface area contributed by atoms with Crippen LogP contribution in [0, 0.1) is 11.3 Å². The summed E-state index contributed by atoms with van der Waals surface area (Å²) < 4.78 is 4.90. The van der Waals surface area contributed by atoms with E-state index < -0.39 is 5.97 Å². The van der Waals surface area contributed by atoms with E-state index >= 15 is 0 Å². The Morgan fingerprint density at radius 1 is 1.62 bits per heavy atom. The molecule has 0 saturated heterocycles.